The number of amides is 1. The second kappa shape index (κ2) is 10.7. The van der Waals surface area contributed by atoms with E-state index < -0.39 is 22.5 Å². The van der Waals surface area contributed by atoms with Gasteiger partial charge in [-0.2, -0.15) is 5.10 Å². The molecule has 0 aromatic heterocycles. The van der Waals surface area contributed by atoms with Gasteiger partial charge in [0.2, 0.25) is 0 Å². The van der Waals surface area contributed by atoms with Crippen molar-refractivity contribution in [3.63, 3.8) is 0 Å². The summed E-state index contributed by atoms with van der Waals surface area (Å²) in [5.74, 6) is -0.574. The van der Waals surface area contributed by atoms with Crippen molar-refractivity contribution in [3.05, 3.63) is 92.0 Å². The number of carbonyl (C=O) groups excluding carboxylic acids is 1. The van der Waals surface area contributed by atoms with Gasteiger partial charge >= 0.3 is 0 Å². The predicted octanol–water partition coefficient (Wildman–Crippen LogP) is 5.30. The van der Waals surface area contributed by atoms with Crippen molar-refractivity contribution in [2.24, 2.45) is 5.10 Å². The Morgan fingerprint density at radius 3 is 2.30 bits per heavy atom. The summed E-state index contributed by atoms with van der Waals surface area (Å²) in [7, 11) is -4.04. The Hall–Kier alpha value is -2.43. The molecule has 3 rings (SSSR count). The average Bonchev–Trinajstić information content (AvgIpc) is 2.78. The summed E-state index contributed by atoms with van der Waals surface area (Å²) in [6.45, 7) is 4.95. The molecular formula is C24H23ClIN3O3S. The number of halogens is 2. The van der Waals surface area contributed by atoms with Crippen LogP contribution in [0.25, 0.3) is 0 Å². The Kier molecular flexibility index (Phi) is 8.14. The van der Waals surface area contributed by atoms with E-state index in [9.17, 15) is 13.2 Å². The normalized spacial score (nSPS) is 11.8. The molecule has 33 heavy (non-hydrogen) atoms. The van der Waals surface area contributed by atoms with Gasteiger partial charge < -0.3 is 0 Å². The Labute approximate surface area is 212 Å². The molecule has 0 radical (unpaired) electrons. The van der Waals surface area contributed by atoms with Crippen molar-refractivity contribution < 1.29 is 13.2 Å². The molecule has 0 fully saturated rings. The summed E-state index contributed by atoms with van der Waals surface area (Å²) in [6, 6.07) is 19.1. The Morgan fingerprint density at radius 2 is 1.67 bits per heavy atom. The van der Waals surface area contributed by atoms with Gasteiger partial charge in [-0.25, -0.2) is 13.8 Å². The molecule has 0 aliphatic carbocycles. The number of benzene rings is 3. The molecule has 6 nitrogen and oxygen atoms in total. The van der Waals surface area contributed by atoms with E-state index in [-0.39, 0.29) is 4.90 Å². The van der Waals surface area contributed by atoms with Crippen LogP contribution in [0, 0.1) is 17.4 Å². The average molecular weight is 596 g/mol. The van der Waals surface area contributed by atoms with Crippen molar-refractivity contribution in [1.29, 1.82) is 0 Å². The van der Waals surface area contributed by atoms with Crippen molar-refractivity contribution in [1.82, 2.24) is 5.43 Å². The molecule has 0 aliphatic heterocycles. The van der Waals surface area contributed by atoms with Crippen LogP contribution in [0.15, 0.2) is 76.7 Å². The first-order valence-electron chi connectivity index (χ1n) is 10.0. The van der Waals surface area contributed by atoms with Crippen LogP contribution in [0.5, 0.6) is 0 Å². The number of hydrogen-bond acceptors (Lipinski definition) is 4. The fraction of sp³-hybridized carbons (Fsp3) is 0.167. The highest BCUT2D eigenvalue weighted by Crippen LogP contribution is 2.29. The molecule has 0 unspecified atom stereocenters. The molecule has 0 spiro atoms. The first-order chi connectivity index (χ1) is 15.6. The summed E-state index contributed by atoms with van der Waals surface area (Å²) in [5, 5.41) is 4.51. The SMILES string of the molecule is C/C(=N/NC(=O)CN(c1cc(Cl)ccc1C)S(=O)(=O)c1ccc(C)cc1)c1ccc(I)cc1. The number of carbonyl (C=O) groups is 1. The van der Waals surface area contributed by atoms with E-state index in [4.69, 9.17) is 11.6 Å². The lowest BCUT2D eigenvalue weighted by atomic mass is 10.1. The molecule has 0 bridgehead atoms. The molecule has 3 aromatic carbocycles. The number of nitrogens with zero attached hydrogens (tertiary/aromatic N) is 2. The number of sulfonamides is 1. The second-order valence-electron chi connectivity index (χ2n) is 7.49. The van der Waals surface area contributed by atoms with E-state index in [1.54, 1.807) is 38.1 Å². The summed E-state index contributed by atoms with van der Waals surface area (Å²) in [4.78, 5) is 12.9. The second-order valence-corrected chi connectivity index (χ2v) is 11.0. The molecule has 0 saturated carbocycles. The van der Waals surface area contributed by atoms with Crippen molar-refractivity contribution >= 4 is 61.5 Å². The van der Waals surface area contributed by atoms with Crippen LogP contribution < -0.4 is 9.73 Å². The molecule has 1 amide bonds. The summed E-state index contributed by atoms with van der Waals surface area (Å²) in [5.41, 5.74) is 5.85. The van der Waals surface area contributed by atoms with E-state index in [1.807, 2.05) is 31.2 Å². The molecule has 0 aliphatic rings. The first kappa shape index (κ1) is 25.2. The van der Waals surface area contributed by atoms with Crippen molar-refractivity contribution in [2.45, 2.75) is 25.7 Å². The Balaban J connectivity index is 1.92. The minimum atomic E-state index is -4.04. The van der Waals surface area contributed by atoms with Gasteiger partial charge in [0.1, 0.15) is 6.54 Å². The molecule has 0 atom stereocenters. The molecule has 172 valence electrons. The number of hydrazone groups is 1. The highest BCUT2D eigenvalue weighted by molar-refractivity contribution is 14.1. The van der Waals surface area contributed by atoms with Crippen LogP contribution in [0.2, 0.25) is 5.02 Å². The fourth-order valence-electron chi connectivity index (χ4n) is 3.06. The highest BCUT2D eigenvalue weighted by Gasteiger charge is 2.28. The highest BCUT2D eigenvalue weighted by atomic mass is 127. The van der Waals surface area contributed by atoms with Crippen LogP contribution in [-0.2, 0) is 14.8 Å². The van der Waals surface area contributed by atoms with Gasteiger partial charge in [0.25, 0.3) is 15.9 Å². The fourth-order valence-corrected chi connectivity index (χ4v) is 5.06. The Bertz CT molecular complexity index is 1290. The molecule has 3 aromatic rings. The molecule has 0 heterocycles. The lowest BCUT2D eigenvalue weighted by Crippen LogP contribution is -2.40. The van der Waals surface area contributed by atoms with Gasteiger partial charge in [-0.05, 0) is 90.9 Å². The zero-order valence-corrected chi connectivity index (χ0v) is 22.1. The van der Waals surface area contributed by atoms with Crippen LogP contribution in [-0.4, -0.2) is 26.6 Å². The van der Waals surface area contributed by atoms with Crippen LogP contribution in [0.4, 0.5) is 5.69 Å². The van der Waals surface area contributed by atoms with E-state index in [2.05, 4.69) is 33.1 Å². The number of nitrogens with one attached hydrogen (secondary N) is 1. The zero-order valence-electron chi connectivity index (χ0n) is 18.3. The van der Waals surface area contributed by atoms with Crippen molar-refractivity contribution in [3.8, 4) is 0 Å². The van der Waals surface area contributed by atoms with E-state index >= 15 is 0 Å². The topological polar surface area (TPSA) is 78.8 Å². The minimum Gasteiger partial charge on any atom is -0.271 e. The maximum Gasteiger partial charge on any atom is 0.264 e. The first-order valence-corrected chi connectivity index (χ1v) is 12.9. The summed E-state index contributed by atoms with van der Waals surface area (Å²) in [6.07, 6.45) is 0. The van der Waals surface area contributed by atoms with Gasteiger partial charge in [-0.3, -0.25) is 9.10 Å². The largest absolute Gasteiger partial charge is 0.271 e. The predicted molar refractivity (Wildman–Crippen MR) is 141 cm³/mol. The molecular weight excluding hydrogens is 573 g/mol. The van der Waals surface area contributed by atoms with Gasteiger partial charge in [0, 0.05) is 8.59 Å². The van der Waals surface area contributed by atoms with Gasteiger partial charge in [-0.1, -0.05) is 47.5 Å². The van der Waals surface area contributed by atoms with E-state index in [1.165, 1.54) is 18.2 Å². The maximum absolute atomic E-state index is 13.5. The monoisotopic (exact) mass is 595 g/mol. The third-order valence-corrected chi connectivity index (χ3v) is 7.67. The zero-order chi connectivity index (χ0) is 24.2. The molecule has 0 saturated heterocycles. The summed E-state index contributed by atoms with van der Waals surface area (Å²) >= 11 is 8.36. The van der Waals surface area contributed by atoms with E-state index in [0.717, 1.165) is 19.0 Å². The summed E-state index contributed by atoms with van der Waals surface area (Å²) < 4.78 is 29.1. The Morgan fingerprint density at radius 1 is 1.03 bits per heavy atom. The van der Waals surface area contributed by atoms with Crippen LogP contribution in [0.3, 0.4) is 0 Å². The van der Waals surface area contributed by atoms with Gasteiger partial charge in [0.15, 0.2) is 0 Å². The number of rotatable bonds is 7. The van der Waals surface area contributed by atoms with Gasteiger partial charge in [0.05, 0.1) is 16.3 Å². The van der Waals surface area contributed by atoms with Crippen molar-refractivity contribution in [2.75, 3.05) is 10.8 Å². The van der Waals surface area contributed by atoms with Crippen LogP contribution in [0.1, 0.15) is 23.6 Å². The number of anilines is 1. The van der Waals surface area contributed by atoms with E-state index in [0.29, 0.717) is 22.0 Å². The lowest BCUT2D eigenvalue weighted by molar-refractivity contribution is -0.119. The van der Waals surface area contributed by atoms with Crippen LogP contribution >= 0.6 is 34.2 Å². The lowest BCUT2D eigenvalue weighted by Gasteiger charge is -2.25. The standard InChI is InChI=1S/C24H23ClIN3O3S/c1-16-4-12-22(13-5-16)33(31,32)29(23-14-20(25)9-6-17(23)2)15-24(30)28-27-18(3)19-7-10-21(26)11-8-19/h4-14H,15H2,1-3H3,(H,28,30)/b27-18-. The quantitative estimate of drug-likeness (QED) is 0.229. The molecule has 1 N–H and O–H groups in total. The minimum absolute atomic E-state index is 0.0823. The smallest absolute Gasteiger partial charge is 0.264 e. The van der Waals surface area contributed by atoms with Gasteiger partial charge in [-0.15, -0.1) is 0 Å². The number of aryl methyl sites for hydroxylation is 2. The number of hydrogen-bond donors (Lipinski definition) is 1. The maximum atomic E-state index is 13.5. The third kappa shape index (κ3) is 6.33. The third-order valence-electron chi connectivity index (χ3n) is 4.95. The molecule has 9 heteroatoms.